The molecule has 0 aliphatic carbocycles. The number of anilines is 2. The third-order valence-electron chi connectivity index (χ3n) is 3.41. The number of fused-ring (bicyclic) bond motifs is 1. The van der Waals surface area contributed by atoms with E-state index in [4.69, 9.17) is 10.5 Å². The molecule has 0 amide bonds. The fourth-order valence-corrected chi connectivity index (χ4v) is 2.29. The van der Waals surface area contributed by atoms with Crippen LogP contribution in [0.2, 0.25) is 0 Å². The van der Waals surface area contributed by atoms with Gasteiger partial charge in [0.15, 0.2) is 0 Å². The fourth-order valence-electron chi connectivity index (χ4n) is 2.29. The van der Waals surface area contributed by atoms with Gasteiger partial charge in [-0.05, 0) is 51.8 Å². The topological polar surface area (TPSA) is 60.2 Å². The van der Waals surface area contributed by atoms with Gasteiger partial charge < -0.3 is 15.8 Å². The van der Waals surface area contributed by atoms with Gasteiger partial charge in [-0.3, -0.25) is 4.98 Å². The number of rotatable bonds is 7. The molecule has 0 aliphatic rings. The number of ether oxygens (including phenoxy) is 1. The van der Waals surface area contributed by atoms with Crippen molar-refractivity contribution in [3.63, 3.8) is 0 Å². The van der Waals surface area contributed by atoms with E-state index in [9.17, 15) is 0 Å². The molecule has 0 radical (unpaired) electrons. The van der Waals surface area contributed by atoms with Crippen molar-refractivity contribution in [1.82, 2.24) is 4.98 Å². The highest BCUT2D eigenvalue weighted by atomic mass is 16.5. The number of nitrogens with zero attached hydrogens (tertiary/aromatic N) is 1. The highest BCUT2D eigenvalue weighted by Gasteiger charge is 2.05. The molecular formula is C17H25N3O. The summed E-state index contributed by atoms with van der Waals surface area (Å²) < 4.78 is 5.54. The molecule has 0 spiro atoms. The molecule has 0 saturated heterocycles. The Bertz CT molecular complexity index is 596. The summed E-state index contributed by atoms with van der Waals surface area (Å²) in [6.45, 7) is 7.88. The first kappa shape index (κ1) is 15.6. The Labute approximate surface area is 126 Å². The zero-order valence-electron chi connectivity index (χ0n) is 13.1. The quantitative estimate of drug-likeness (QED) is 0.601. The van der Waals surface area contributed by atoms with Crippen molar-refractivity contribution in [3.05, 3.63) is 30.1 Å². The second-order valence-corrected chi connectivity index (χ2v) is 5.63. The molecule has 0 fully saturated rings. The average Bonchev–Trinajstić information content (AvgIpc) is 2.44. The first-order chi connectivity index (χ1) is 10.1. The van der Waals surface area contributed by atoms with E-state index in [0.717, 1.165) is 53.8 Å². The summed E-state index contributed by atoms with van der Waals surface area (Å²) in [6, 6.07) is 6.06. The third kappa shape index (κ3) is 4.33. The summed E-state index contributed by atoms with van der Waals surface area (Å²) in [5.41, 5.74) is 8.91. The predicted molar refractivity (Wildman–Crippen MR) is 89.7 cm³/mol. The first-order valence-corrected chi connectivity index (χ1v) is 7.58. The van der Waals surface area contributed by atoms with Gasteiger partial charge in [0, 0.05) is 47.2 Å². The molecule has 2 aromatic rings. The van der Waals surface area contributed by atoms with Gasteiger partial charge in [-0.25, -0.2) is 0 Å². The summed E-state index contributed by atoms with van der Waals surface area (Å²) in [5.74, 6) is 0. The van der Waals surface area contributed by atoms with E-state index in [2.05, 4.69) is 30.2 Å². The van der Waals surface area contributed by atoms with E-state index in [1.165, 1.54) is 0 Å². The van der Waals surface area contributed by atoms with E-state index in [0.29, 0.717) is 6.10 Å². The number of hydrogen-bond donors (Lipinski definition) is 2. The van der Waals surface area contributed by atoms with Crippen LogP contribution in [0.25, 0.3) is 10.8 Å². The number of aromatic nitrogens is 1. The summed E-state index contributed by atoms with van der Waals surface area (Å²) >= 11 is 0. The molecule has 3 N–H and O–H groups in total. The number of aryl methyl sites for hydroxylation is 1. The van der Waals surface area contributed by atoms with Crippen molar-refractivity contribution in [2.45, 2.75) is 39.7 Å². The number of nitrogen functional groups attached to an aromatic ring is 1. The minimum atomic E-state index is 0.314. The lowest BCUT2D eigenvalue weighted by atomic mass is 10.1. The van der Waals surface area contributed by atoms with Crippen LogP contribution < -0.4 is 11.1 Å². The Morgan fingerprint density at radius 2 is 2.05 bits per heavy atom. The third-order valence-corrected chi connectivity index (χ3v) is 3.41. The zero-order valence-corrected chi connectivity index (χ0v) is 13.1. The van der Waals surface area contributed by atoms with Crippen LogP contribution in [0.5, 0.6) is 0 Å². The van der Waals surface area contributed by atoms with Crippen LogP contribution in [0.15, 0.2) is 24.4 Å². The van der Waals surface area contributed by atoms with Crippen LogP contribution in [-0.2, 0) is 4.74 Å². The van der Waals surface area contributed by atoms with Gasteiger partial charge in [-0.1, -0.05) is 0 Å². The van der Waals surface area contributed by atoms with E-state index in [-0.39, 0.29) is 0 Å². The maximum absolute atomic E-state index is 6.01. The van der Waals surface area contributed by atoms with Crippen LogP contribution in [0, 0.1) is 6.92 Å². The van der Waals surface area contributed by atoms with Gasteiger partial charge in [0.05, 0.1) is 6.10 Å². The SMILES string of the molecule is Cc1cc2c(NCCCCOC(C)C)ccc(N)c2cn1. The maximum Gasteiger partial charge on any atom is 0.0518 e. The van der Waals surface area contributed by atoms with Gasteiger partial charge in [0.2, 0.25) is 0 Å². The van der Waals surface area contributed by atoms with E-state index >= 15 is 0 Å². The van der Waals surface area contributed by atoms with E-state index < -0.39 is 0 Å². The van der Waals surface area contributed by atoms with Crippen LogP contribution in [0.1, 0.15) is 32.4 Å². The van der Waals surface area contributed by atoms with Crippen molar-refractivity contribution in [3.8, 4) is 0 Å². The van der Waals surface area contributed by atoms with E-state index in [1.807, 2.05) is 25.3 Å². The molecule has 1 heterocycles. The lowest BCUT2D eigenvalue weighted by Crippen LogP contribution is -2.07. The average molecular weight is 287 g/mol. The van der Waals surface area contributed by atoms with Crippen molar-refractivity contribution in [2.24, 2.45) is 0 Å². The zero-order chi connectivity index (χ0) is 15.2. The molecule has 0 bridgehead atoms. The maximum atomic E-state index is 6.01. The van der Waals surface area contributed by atoms with Gasteiger partial charge >= 0.3 is 0 Å². The van der Waals surface area contributed by atoms with Gasteiger partial charge in [-0.2, -0.15) is 0 Å². The Morgan fingerprint density at radius 1 is 1.24 bits per heavy atom. The Morgan fingerprint density at radius 3 is 2.81 bits per heavy atom. The normalized spacial score (nSPS) is 11.2. The van der Waals surface area contributed by atoms with Crippen LogP contribution >= 0.6 is 0 Å². The highest BCUT2D eigenvalue weighted by molar-refractivity contribution is 6.00. The molecule has 0 atom stereocenters. The highest BCUT2D eigenvalue weighted by Crippen LogP contribution is 2.28. The Balaban J connectivity index is 1.96. The number of nitrogens with two attached hydrogens (primary N) is 1. The summed E-state index contributed by atoms with van der Waals surface area (Å²) in [4.78, 5) is 4.32. The molecule has 114 valence electrons. The lowest BCUT2D eigenvalue weighted by molar-refractivity contribution is 0.0765. The Hall–Kier alpha value is -1.81. The predicted octanol–water partition coefficient (Wildman–Crippen LogP) is 3.74. The van der Waals surface area contributed by atoms with Crippen molar-refractivity contribution >= 4 is 22.1 Å². The molecule has 1 aromatic heterocycles. The number of unbranched alkanes of at least 4 members (excludes halogenated alkanes) is 1. The largest absolute Gasteiger partial charge is 0.398 e. The van der Waals surface area contributed by atoms with Crippen LogP contribution in [0.3, 0.4) is 0 Å². The van der Waals surface area contributed by atoms with Gasteiger partial charge in [-0.15, -0.1) is 0 Å². The number of pyridine rings is 1. The van der Waals surface area contributed by atoms with Crippen molar-refractivity contribution in [2.75, 3.05) is 24.2 Å². The second-order valence-electron chi connectivity index (χ2n) is 5.63. The summed E-state index contributed by atoms with van der Waals surface area (Å²) in [7, 11) is 0. The smallest absolute Gasteiger partial charge is 0.0518 e. The molecule has 0 unspecified atom stereocenters. The molecule has 4 heteroatoms. The molecule has 0 saturated carbocycles. The Kier molecular flexibility index (Phi) is 5.39. The number of nitrogens with one attached hydrogen (secondary N) is 1. The molecule has 1 aromatic carbocycles. The molecule has 0 aliphatic heterocycles. The minimum absolute atomic E-state index is 0.314. The lowest BCUT2D eigenvalue weighted by Gasteiger charge is -2.12. The summed E-state index contributed by atoms with van der Waals surface area (Å²) in [5, 5.41) is 5.64. The van der Waals surface area contributed by atoms with Crippen LogP contribution in [0.4, 0.5) is 11.4 Å². The minimum Gasteiger partial charge on any atom is -0.398 e. The van der Waals surface area contributed by atoms with Gasteiger partial charge in [0.25, 0.3) is 0 Å². The summed E-state index contributed by atoms with van der Waals surface area (Å²) in [6.07, 6.45) is 4.32. The molecule has 4 nitrogen and oxygen atoms in total. The van der Waals surface area contributed by atoms with Crippen LogP contribution in [-0.4, -0.2) is 24.2 Å². The van der Waals surface area contributed by atoms with Crippen molar-refractivity contribution < 1.29 is 4.74 Å². The molecule has 2 rings (SSSR count). The first-order valence-electron chi connectivity index (χ1n) is 7.58. The molecular weight excluding hydrogens is 262 g/mol. The number of hydrogen-bond acceptors (Lipinski definition) is 4. The number of benzene rings is 1. The van der Waals surface area contributed by atoms with E-state index in [1.54, 1.807) is 0 Å². The monoisotopic (exact) mass is 287 g/mol. The second kappa shape index (κ2) is 7.27. The van der Waals surface area contributed by atoms with Gasteiger partial charge in [0.1, 0.15) is 0 Å². The van der Waals surface area contributed by atoms with Crippen molar-refractivity contribution in [1.29, 1.82) is 0 Å². The standard InChI is InChI=1S/C17H25N3O/c1-12(2)21-9-5-4-8-19-17-7-6-16(18)15-11-20-13(3)10-14(15)17/h6-7,10-12,19H,4-5,8-9,18H2,1-3H3. The fraction of sp³-hybridized carbons (Fsp3) is 0.471. The molecule has 21 heavy (non-hydrogen) atoms.